The van der Waals surface area contributed by atoms with Gasteiger partial charge in [0.2, 0.25) is 18.2 Å². The number of aryl methyl sites for hydroxylation is 1. The van der Waals surface area contributed by atoms with E-state index in [2.05, 4.69) is 15.5 Å². The van der Waals surface area contributed by atoms with Crippen molar-refractivity contribution in [2.24, 2.45) is 0 Å². The maximum absolute atomic E-state index is 12.2. The minimum absolute atomic E-state index is 0.106. The lowest BCUT2D eigenvalue weighted by atomic mass is 10.1. The van der Waals surface area contributed by atoms with Crippen LogP contribution in [0.4, 0.5) is 5.69 Å². The molecule has 1 N–H and O–H groups in total. The fourth-order valence-electron chi connectivity index (χ4n) is 2.08. The molecule has 0 aliphatic rings. The molecule has 0 bridgehead atoms. The highest BCUT2D eigenvalue weighted by molar-refractivity contribution is 8.00. The van der Waals surface area contributed by atoms with E-state index in [9.17, 15) is 4.79 Å². The Morgan fingerprint density at radius 2 is 2.12 bits per heavy atom. The highest BCUT2D eigenvalue weighted by Gasteiger charge is 2.10. The van der Waals surface area contributed by atoms with Crippen molar-refractivity contribution in [1.82, 2.24) is 10.2 Å². The molecule has 2 aromatic carbocycles. The third-order valence-corrected chi connectivity index (χ3v) is 4.83. The van der Waals surface area contributed by atoms with Gasteiger partial charge in [0, 0.05) is 16.1 Å². The molecule has 1 aromatic heterocycles. The largest absolute Gasteiger partial charge is 0.423 e. The van der Waals surface area contributed by atoms with Gasteiger partial charge in [-0.1, -0.05) is 29.8 Å². The second kappa shape index (κ2) is 7.51. The van der Waals surface area contributed by atoms with Crippen molar-refractivity contribution in [3.8, 4) is 11.5 Å². The van der Waals surface area contributed by atoms with Crippen LogP contribution in [0.5, 0.6) is 0 Å². The van der Waals surface area contributed by atoms with Crippen LogP contribution in [0.15, 0.2) is 58.2 Å². The molecular formula is C17H14ClN3O2S. The Morgan fingerprint density at radius 1 is 1.29 bits per heavy atom. The number of carbonyl (C=O) groups excluding carboxylic acids is 1. The molecule has 0 fully saturated rings. The normalized spacial score (nSPS) is 10.6. The van der Waals surface area contributed by atoms with E-state index < -0.39 is 0 Å². The van der Waals surface area contributed by atoms with Gasteiger partial charge in [-0.3, -0.25) is 4.79 Å². The summed E-state index contributed by atoms with van der Waals surface area (Å²) < 4.78 is 5.18. The molecule has 122 valence electrons. The van der Waals surface area contributed by atoms with Crippen molar-refractivity contribution in [1.29, 1.82) is 0 Å². The van der Waals surface area contributed by atoms with Gasteiger partial charge in [0.15, 0.2) is 0 Å². The van der Waals surface area contributed by atoms with Crippen molar-refractivity contribution < 1.29 is 9.21 Å². The predicted molar refractivity (Wildman–Crippen MR) is 95.3 cm³/mol. The Bertz CT molecular complexity index is 853. The zero-order valence-corrected chi connectivity index (χ0v) is 14.4. The average molecular weight is 360 g/mol. The first-order valence-corrected chi connectivity index (χ1v) is 8.54. The molecule has 0 saturated carbocycles. The van der Waals surface area contributed by atoms with E-state index in [1.54, 1.807) is 6.07 Å². The van der Waals surface area contributed by atoms with Crippen molar-refractivity contribution in [2.45, 2.75) is 11.8 Å². The highest BCUT2D eigenvalue weighted by atomic mass is 35.5. The summed E-state index contributed by atoms with van der Waals surface area (Å²) in [6, 6.07) is 13.0. The Kier molecular flexibility index (Phi) is 5.17. The fraction of sp³-hybridized carbons (Fsp3) is 0.118. The number of benzene rings is 2. The summed E-state index contributed by atoms with van der Waals surface area (Å²) in [4.78, 5) is 13.1. The number of rotatable bonds is 5. The highest BCUT2D eigenvalue weighted by Crippen LogP contribution is 2.27. The molecule has 5 nitrogen and oxygen atoms in total. The number of carbonyl (C=O) groups is 1. The SMILES string of the molecule is Cc1ccc(-c2nnco2)cc1NC(=O)CSc1ccccc1Cl. The lowest BCUT2D eigenvalue weighted by molar-refractivity contribution is -0.113. The van der Waals surface area contributed by atoms with Crippen LogP contribution in [-0.4, -0.2) is 21.9 Å². The average Bonchev–Trinajstić information content (AvgIpc) is 3.11. The smallest absolute Gasteiger partial charge is 0.247 e. The van der Waals surface area contributed by atoms with Gasteiger partial charge in [-0.25, -0.2) is 0 Å². The second-order valence-electron chi connectivity index (χ2n) is 5.04. The number of thioether (sulfide) groups is 1. The van der Waals surface area contributed by atoms with Crippen molar-refractivity contribution in [3.63, 3.8) is 0 Å². The van der Waals surface area contributed by atoms with Crippen LogP contribution in [0.1, 0.15) is 5.56 Å². The number of nitrogens with one attached hydrogen (secondary N) is 1. The standard InChI is InChI=1S/C17H14ClN3O2S/c1-11-6-7-12(17-21-19-10-23-17)8-14(11)20-16(22)9-24-15-5-3-2-4-13(15)18/h2-8,10H,9H2,1H3,(H,20,22). The Labute approximate surface area is 148 Å². The molecule has 0 aliphatic heterocycles. The van der Waals surface area contributed by atoms with Gasteiger partial charge in [0.1, 0.15) is 0 Å². The molecule has 0 spiro atoms. The van der Waals surface area contributed by atoms with E-state index in [0.717, 1.165) is 21.7 Å². The van der Waals surface area contributed by atoms with Crippen LogP contribution >= 0.6 is 23.4 Å². The number of hydrogen-bond acceptors (Lipinski definition) is 5. The lowest BCUT2D eigenvalue weighted by Crippen LogP contribution is -2.14. The lowest BCUT2D eigenvalue weighted by Gasteiger charge is -2.10. The summed E-state index contributed by atoms with van der Waals surface area (Å²) in [7, 11) is 0. The zero-order chi connectivity index (χ0) is 16.9. The van der Waals surface area contributed by atoms with Crippen LogP contribution in [0.2, 0.25) is 5.02 Å². The Hall–Kier alpha value is -2.31. The molecule has 3 aromatic rings. The maximum atomic E-state index is 12.2. The van der Waals surface area contributed by atoms with Crippen LogP contribution < -0.4 is 5.32 Å². The van der Waals surface area contributed by atoms with Gasteiger partial charge in [-0.05, 0) is 36.8 Å². The third-order valence-electron chi connectivity index (χ3n) is 3.31. The van der Waals surface area contributed by atoms with E-state index in [1.165, 1.54) is 18.2 Å². The minimum Gasteiger partial charge on any atom is -0.423 e. The predicted octanol–water partition coefficient (Wildman–Crippen LogP) is 4.43. The van der Waals surface area contributed by atoms with E-state index in [1.807, 2.05) is 43.3 Å². The Morgan fingerprint density at radius 3 is 2.88 bits per heavy atom. The van der Waals surface area contributed by atoms with Crippen molar-refractivity contribution >= 4 is 35.0 Å². The number of anilines is 1. The van der Waals surface area contributed by atoms with Gasteiger partial charge in [-0.15, -0.1) is 22.0 Å². The molecule has 24 heavy (non-hydrogen) atoms. The van der Waals surface area contributed by atoms with Crippen molar-refractivity contribution in [3.05, 3.63) is 59.4 Å². The van der Waals surface area contributed by atoms with Gasteiger partial charge < -0.3 is 9.73 Å². The molecule has 3 rings (SSSR count). The van der Waals surface area contributed by atoms with Crippen LogP contribution in [0.25, 0.3) is 11.5 Å². The number of nitrogens with zero attached hydrogens (tertiary/aromatic N) is 2. The summed E-state index contributed by atoms with van der Waals surface area (Å²) in [6.07, 6.45) is 1.27. The van der Waals surface area contributed by atoms with Crippen molar-refractivity contribution in [2.75, 3.05) is 11.1 Å². The van der Waals surface area contributed by atoms with Crippen LogP contribution in [0, 0.1) is 6.92 Å². The molecule has 7 heteroatoms. The number of halogens is 1. The third kappa shape index (κ3) is 3.96. The fourth-order valence-corrected chi connectivity index (χ4v) is 3.12. The summed E-state index contributed by atoms with van der Waals surface area (Å²) in [5, 5.41) is 11.1. The molecule has 1 heterocycles. The molecule has 0 atom stereocenters. The van der Waals surface area contributed by atoms with E-state index in [0.29, 0.717) is 10.9 Å². The molecule has 0 unspecified atom stereocenters. The summed E-state index contributed by atoms with van der Waals surface area (Å²) in [5.41, 5.74) is 2.43. The molecule has 0 aliphatic carbocycles. The monoisotopic (exact) mass is 359 g/mol. The Balaban J connectivity index is 1.68. The summed E-state index contributed by atoms with van der Waals surface area (Å²) >= 11 is 7.49. The van der Waals surface area contributed by atoms with E-state index in [-0.39, 0.29) is 11.7 Å². The number of aromatic nitrogens is 2. The van der Waals surface area contributed by atoms with E-state index >= 15 is 0 Å². The van der Waals surface area contributed by atoms with Gasteiger partial charge in [0.05, 0.1) is 10.8 Å². The molecule has 0 radical (unpaired) electrons. The van der Waals surface area contributed by atoms with E-state index in [4.69, 9.17) is 16.0 Å². The summed E-state index contributed by atoms with van der Waals surface area (Å²) in [5.74, 6) is 0.579. The van der Waals surface area contributed by atoms with Gasteiger partial charge in [0.25, 0.3) is 0 Å². The first-order valence-electron chi connectivity index (χ1n) is 7.18. The molecule has 1 amide bonds. The first-order chi connectivity index (χ1) is 11.6. The minimum atomic E-state index is -0.106. The first kappa shape index (κ1) is 16.5. The van der Waals surface area contributed by atoms with Gasteiger partial charge in [-0.2, -0.15) is 0 Å². The zero-order valence-electron chi connectivity index (χ0n) is 12.8. The topological polar surface area (TPSA) is 68.0 Å². The summed E-state index contributed by atoms with van der Waals surface area (Å²) in [6.45, 7) is 1.93. The van der Waals surface area contributed by atoms with Crippen LogP contribution in [0.3, 0.4) is 0 Å². The second-order valence-corrected chi connectivity index (χ2v) is 6.47. The number of amides is 1. The molecule has 0 saturated heterocycles. The number of hydrogen-bond donors (Lipinski definition) is 1. The quantitative estimate of drug-likeness (QED) is 0.682. The molecular weight excluding hydrogens is 346 g/mol. The van der Waals surface area contributed by atoms with Gasteiger partial charge >= 0.3 is 0 Å². The van der Waals surface area contributed by atoms with Crippen LogP contribution in [-0.2, 0) is 4.79 Å². The maximum Gasteiger partial charge on any atom is 0.247 e.